The first kappa shape index (κ1) is 34.2. The third-order valence-electron chi connectivity index (χ3n) is 7.69. The van der Waals surface area contributed by atoms with Crippen molar-refractivity contribution in [2.24, 2.45) is 10.8 Å². The second kappa shape index (κ2) is 15.3. The Morgan fingerprint density at radius 3 is 1.17 bits per heavy atom. The molecule has 220 valence electrons. The second-order valence-corrected chi connectivity index (χ2v) is 12.3. The average molecular weight is 561 g/mol. The molecule has 0 radical (unpaired) electrons. The van der Waals surface area contributed by atoms with Crippen molar-refractivity contribution in [1.82, 2.24) is 0 Å². The van der Waals surface area contributed by atoms with Crippen LogP contribution in [-0.2, 0) is 9.59 Å². The molecule has 2 nitrogen and oxygen atoms in total. The summed E-state index contributed by atoms with van der Waals surface area (Å²) in [6.07, 6.45) is 36.1. The van der Waals surface area contributed by atoms with Crippen LogP contribution in [0.15, 0.2) is 154 Å². The first-order chi connectivity index (χ1) is 19.7. The maximum absolute atomic E-state index is 12.3. The molecule has 0 aromatic heterocycles. The maximum Gasteiger partial charge on any atom is 0.165 e. The molecule has 0 aliphatic heterocycles. The monoisotopic (exact) mass is 560 g/mol. The van der Waals surface area contributed by atoms with Crippen LogP contribution >= 0.6 is 0 Å². The minimum absolute atomic E-state index is 0.143. The highest BCUT2D eigenvalue weighted by Gasteiger charge is 2.32. The van der Waals surface area contributed by atoms with Gasteiger partial charge in [-0.05, 0) is 104 Å². The molecule has 0 fully saturated rings. The van der Waals surface area contributed by atoms with E-state index in [1.807, 2.05) is 64.2 Å². The fourth-order valence-electron chi connectivity index (χ4n) is 4.70. The van der Waals surface area contributed by atoms with Crippen LogP contribution in [0, 0.1) is 10.8 Å². The molecule has 0 aromatic carbocycles. The van der Waals surface area contributed by atoms with Crippen LogP contribution in [0.5, 0.6) is 0 Å². The Bertz CT molecular complexity index is 1360. The number of rotatable bonds is 10. The molecule has 0 amide bonds. The Balaban J connectivity index is 1.93. The molecule has 0 spiro atoms. The molecule has 0 bridgehead atoms. The molecule has 0 heterocycles. The van der Waals surface area contributed by atoms with Gasteiger partial charge < -0.3 is 0 Å². The Morgan fingerprint density at radius 2 is 0.810 bits per heavy atom. The molecule has 2 heteroatoms. The largest absolute Gasteiger partial charge is 0.294 e. The summed E-state index contributed by atoms with van der Waals surface area (Å²) >= 11 is 0. The lowest BCUT2D eigenvalue weighted by atomic mass is 9.74. The third kappa shape index (κ3) is 9.80. The van der Waals surface area contributed by atoms with E-state index in [1.165, 1.54) is 0 Å². The predicted octanol–water partition coefficient (Wildman–Crippen LogP) is 10.5. The molecule has 42 heavy (non-hydrogen) atoms. The van der Waals surface area contributed by atoms with Crippen LogP contribution in [0.2, 0.25) is 0 Å². The number of carbonyl (C=O) groups excluding carboxylic acids is 2. The van der Waals surface area contributed by atoms with Gasteiger partial charge in [-0.15, -0.1) is 0 Å². The molecular weight excluding hydrogens is 512 g/mol. The zero-order chi connectivity index (χ0) is 31.5. The van der Waals surface area contributed by atoms with E-state index >= 15 is 0 Å². The van der Waals surface area contributed by atoms with E-state index in [-0.39, 0.29) is 11.6 Å². The molecule has 0 atom stereocenters. The maximum atomic E-state index is 12.3. The first-order valence-corrected chi connectivity index (χ1v) is 14.6. The third-order valence-corrected chi connectivity index (χ3v) is 7.69. The van der Waals surface area contributed by atoms with Crippen molar-refractivity contribution in [1.29, 1.82) is 0 Å². The number of hydrogen-bond donors (Lipinski definition) is 0. The molecular formula is C40H48O2. The van der Waals surface area contributed by atoms with Gasteiger partial charge in [-0.25, -0.2) is 0 Å². The highest BCUT2D eigenvalue weighted by atomic mass is 16.1. The van der Waals surface area contributed by atoms with Gasteiger partial charge in [0.15, 0.2) is 11.6 Å². The molecule has 0 aromatic rings. The van der Waals surface area contributed by atoms with E-state index < -0.39 is 10.8 Å². The molecule has 0 saturated heterocycles. The number of carbonyl (C=O) groups is 2. The summed E-state index contributed by atoms with van der Waals surface area (Å²) in [6.45, 7) is 20.3. The van der Waals surface area contributed by atoms with E-state index in [0.717, 1.165) is 44.6 Å². The fraction of sp³-hybridized carbons (Fsp3) is 0.300. The van der Waals surface area contributed by atoms with Crippen LogP contribution in [0.3, 0.4) is 0 Å². The van der Waals surface area contributed by atoms with Crippen LogP contribution in [-0.4, -0.2) is 11.6 Å². The lowest BCUT2D eigenvalue weighted by Crippen LogP contribution is -2.27. The zero-order valence-electron chi connectivity index (χ0n) is 27.2. The van der Waals surface area contributed by atoms with E-state index in [1.54, 1.807) is 12.2 Å². The second-order valence-electron chi connectivity index (χ2n) is 12.3. The lowest BCUT2D eigenvalue weighted by molar-refractivity contribution is -0.121. The van der Waals surface area contributed by atoms with Crippen molar-refractivity contribution in [2.75, 3.05) is 0 Å². The van der Waals surface area contributed by atoms with Crippen molar-refractivity contribution in [3.8, 4) is 0 Å². The summed E-state index contributed by atoms with van der Waals surface area (Å²) in [5, 5.41) is 0. The van der Waals surface area contributed by atoms with E-state index in [9.17, 15) is 9.59 Å². The van der Waals surface area contributed by atoms with Crippen molar-refractivity contribution < 1.29 is 9.59 Å². The van der Waals surface area contributed by atoms with E-state index in [2.05, 4.69) is 102 Å². The van der Waals surface area contributed by atoms with Gasteiger partial charge in [0.2, 0.25) is 0 Å². The highest BCUT2D eigenvalue weighted by Crippen LogP contribution is 2.36. The normalized spacial score (nSPS) is 20.8. The number of hydrogen-bond acceptors (Lipinski definition) is 2. The smallest absolute Gasteiger partial charge is 0.165 e. The standard InChI is InChI=1S/C40H48O2/c1-29(17-13-19-31(3)21-25-35-33(5)23-27-37(41)39(35,7)8)15-11-12-16-30(2)18-14-20-32(4)22-26-36-34(6)24-28-38(42)40(36,9)10/h11-28H,1-10H3. The SMILES string of the molecule is CC(C=CC=C(C)C=CC1=C(C)C=CC(=O)C1(C)C)=CC=CC=C(C)C=CC=C(C)C=CC1=C(C)C=CC(=O)C1(C)C. The van der Waals surface area contributed by atoms with Crippen LogP contribution < -0.4 is 0 Å². The molecule has 2 rings (SSSR count). The summed E-state index contributed by atoms with van der Waals surface area (Å²) in [5.41, 5.74) is 7.96. The summed E-state index contributed by atoms with van der Waals surface area (Å²) in [4.78, 5) is 24.5. The highest BCUT2D eigenvalue weighted by molar-refractivity contribution is 5.99. The van der Waals surface area contributed by atoms with Gasteiger partial charge in [0.05, 0.1) is 10.8 Å². The molecule has 0 unspecified atom stereocenters. The van der Waals surface area contributed by atoms with Gasteiger partial charge in [0.1, 0.15) is 0 Å². The lowest BCUT2D eigenvalue weighted by Gasteiger charge is -2.28. The Labute approximate surface area is 254 Å². The predicted molar refractivity (Wildman–Crippen MR) is 182 cm³/mol. The van der Waals surface area contributed by atoms with Crippen LogP contribution in [0.4, 0.5) is 0 Å². The van der Waals surface area contributed by atoms with Gasteiger partial charge in [-0.2, -0.15) is 0 Å². The van der Waals surface area contributed by atoms with Crippen molar-refractivity contribution >= 4 is 11.6 Å². The van der Waals surface area contributed by atoms with Crippen LogP contribution in [0.1, 0.15) is 69.2 Å². The Kier molecular flexibility index (Phi) is 12.4. The molecule has 2 aliphatic rings. The zero-order valence-corrected chi connectivity index (χ0v) is 27.2. The van der Waals surface area contributed by atoms with Gasteiger partial charge in [0.25, 0.3) is 0 Å². The Morgan fingerprint density at radius 1 is 0.500 bits per heavy atom. The number of ketones is 2. The topological polar surface area (TPSA) is 34.1 Å². The van der Waals surface area contributed by atoms with Crippen molar-refractivity contribution in [3.05, 3.63) is 154 Å². The molecule has 0 N–H and O–H groups in total. The summed E-state index contributed by atoms with van der Waals surface area (Å²) in [6, 6.07) is 0. The minimum Gasteiger partial charge on any atom is -0.294 e. The van der Waals surface area contributed by atoms with Crippen molar-refractivity contribution in [2.45, 2.75) is 69.2 Å². The van der Waals surface area contributed by atoms with Gasteiger partial charge in [-0.1, -0.05) is 120 Å². The van der Waals surface area contributed by atoms with E-state index in [4.69, 9.17) is 0 Å². The number of allylic oxidation sites excluding steroid dienone is 26. The summed E-state index contributed by atoms with van der Waals surface area (Å²) in [7, 11) is 0. The first-order valence-electron chi connectivity index (χ1n) is 14.6. The van der Waals surface area contributed by atoms with Gasteiger partial charge in [0, 0.05) is 0 Å². The minimum atomic E-state index is -0.488. The Hall–Kier alpha value is -4.04. The van der Waals surface area contributed by atoms with Gasteiger partial charge in [-0.3, -0.25) is 9.59 Å². The van der Waals surface area contributed by atoms with E-state index in [0.29, 0.717) is 0 Å². The quantitative estimate of drug-likeness (QED) is 0.249. The summed E-state index contributed by atoms with van der Waals surface area (Å²) < 4.78 is 0. The van der Waals surface area contributed by atoms with Gasteiger partial charge >= 0.3 is 0 Å². The average Bonchev–Trinajstić information content (AvgIpc) is 2.91. The fourth-order valence-corrected chi connectivity index (χ4v) is 4.70. The molecule has 0 saturated carbocycles. The molecule has 2 aliphatic carbocycles. The van der Waals surface area contributed by atoms with Crippen molar-refractivity contribution in [3.63, 3.8) is 0 Å². The van der Waals surface area contributed by atoms with Crippen LogP contribution in [0.25, 0.3) is 0 Å². The summed E-state index contributed by atoms with van der Waals surface area (Å²) in [5.74, 6) is 0.287.